The molecule has 0 atom stereocenters. The van der Waals surface area contributed by atoms with E-state index < -0.39 is 11.7 Å². The Hall–Kier alpha value is -2.61. The van der Waals surface area contributed by atoms with Crippen LogP contribution in [0.3, 0.4) is 0 Å². The second-order valence-corrected chi connectivity index (χ2v) is 6.96. The number of hydrogen-bond donors (Lipinski definition) is 2. The van der Waals surface area contributed by atoms with Gasteiger partial charge in [-0.2, -0.15) is 13.2 Å². The molecule has 0 aliphatic carbocycles. The molecule has 5 nitrogen and oxygen atoms in total. The van der Waals surface area contributed by atoms with E-state index in [-0.39, 0.29) is 5.91 Å². The predicted molar refractivity (Wildman–Crippen MR) is 98.9 cm³/mol. The summed E-state index contributed by atoms with van der Waals surface area (Å²) < 4.78 is 37.9. The number of piperazine rings is 1. The Labute approximate surface area is 162 Å². The molecule has 1 saturated heterocycles. The first-order valence-electron chi connectivity index (χ1n) is 9.40. The van der Waals surface area contributed by atoms with Crippen molar-refractivity contribution >= 4 is 11.7 Å². The summed E-state index contributed by atoms with van der Waals surface area (Å²) in [5.74, 6) is 0.694. The minimum atomic E-state index is -4.34. The number of anilines is 1. The molecule has 8 heteroatoms. The molecule has 0 unspecified atom stereocenters. The molecule has 2 aromatic rings. The lowest BCUT2D eigenvalue weighted by molar-refractivity contribution is -0.892. The van der Waals surface area contributed by atoms with Crippen LogP contribution in [0, 0.1) is 0 Å². The van der Waals surface area contributed by atoms with Gasteiger partial charge in [0.15, 0.2) is 6.54 Å². The zero-order chi connectivity index (χ0) is 20.0. The van der Waals surface area contributed by atoms with Crippen LogP contribution < -0.4 is 20.1 Å². The summed E-state index contributed by atoms with van der Waals surface area (Å²) in [6.45, 7) is 3.94. The topological polar surface area (TPSA) is 50.9 Å². The van der Waals surface area contributed by atoms with Crippen LogP contribution in [-0.4, -0.2) is 45.2 Å². The smallest absolute Gasteiger partial charge is 0.351 e. The van der Waals surface area contributed by atoms with Crippen molar-refractivity contribution < 1.29 is 27.8 Å². The molecule has 3 N–H and O–H groups in total. The van der Waals surface area contributed by atoms with Crippen LogP contribution in [0.15, 0.2) is 48.7 Å². The minimum Gasteiger partial charge on any atom is -0.351 e. The zero-order valence-electron chi connectivity index (χ0n) is 15.6. The van der Waals surface area contributed by atoms with E-state index in [0.29, 0.717) is 32.0 Å². The molecule has 0 radical (unpaired) electrons. The Bertz CT molecular complexity index is 757. The average Bonchev–Trinajstić information content (AvgIpc) is 2.69. The van der Waals surface area contributed by atoms with Crippen LogP contribution in [0.25, 0.3) is 0 Å². The second kappa shape index (κ2) is 9.05. The fraction of sp³-hybridized carbons (Fsp3) is 0.400. The molecule has 150 valence electrons. The van der Waals surface area contributed by atoms with Crippen molar-refractivity contribution in [2.45, 2.75) is 12.6 Å². The minimum absolute atomic E-state index is 0.0282. The number of carbonyl (C=O) groups excluding carboxylic acids is 1. The van der Waals surface area contributed by atoms with Crippen molar-refractivity contribution in [2.75, 3.05) is 44.2 Å². The lowest BCUT2D eigenvalue weighted by Crippen LogP contribution is -3.16. The number of quaternary nitrogens is 1. The first-order valence-corrected chi connectivity index (χ1v) is 9.40. The van der Waals surface area contributed by atoms with E-state index in [2.05, 4.69) is 10.3 Å². The van der Waals surface area contributed by atoms with E-state index in [4.69, 9.17) is 0 Å². The number of carbonyl (C=O) groups is 1. The summed E-state index contributed by atoms with van der Waals surface area (Å²) in [5.41, 5.74) is 0.504. The Kier molecular flexibility index (Phi) is 6.51. The number of alkyl halides is 3. The summed E-state index contributed by atoms with van der Waals surface area (Å²) in [5, 5.41) is 2.96. The average molecular weight is 394 g/mol. The Balaban J connectivity index is 1.39. The first kappa shape index (κ1) is 20.1. The van der Waals surface area contributed by atoms with Crippen LogP contribution in [-0.2, 0) is 17.4 Å². The lowest BCUT2D eigenvalue weighted by atomic mass is 10.1. The Morgan fingerprint density at radius 1 is 1.11 bits per heavy atom. The molecule has 1 fully saturated rings. The summed E-state index contributed by atoms with van der Waals surface area (Å²) in [6, 6.07) is 12.6. The third-order valence-electron chi connectivity index (χ3n) is 4.92. The normalized spacial score (nSPS) is 15.5. The molecular weight excluding hydrogens is 369 g/mol. The number of nitrogens with one attached hydrogen (secondary N) is 3. The van der Waals surface area contributed by atoms with Gasteiger partial charge in [0.25, 0.3) is 11.7 Å². The number of aromatic nitrogens is 1. The van der Waals surface area contributed by atoms with Crippen LogP contribution in [0.4, 0.5) is 19.0 Å². The summed E-state index contributed by atoms with van der Waals surface area (Å²) >= 11 is 0. The molecule has 1 aromatic carbocycles. The van der Waals surface area contributed by atoms with Gasteiger partial charge >= 0.3 is 6.18 Å². The van der Waals surface area contributed by atoms with Gasteiger partial charge in [0.1, 0.15) is 32.4 Å². The quantitative estimate of drug-likeness (QED) is 0.753. The third-order valence-corrected chi connectivity index (χ3v) is 4.92. The maximum Gasteiger partial charge on any atom is 0.419 e. The molecule has 2 heterocycles. The number of hydrogen-bond acceptors (Lipinski definition) is 2. The molecule has 3 rings (SSSR count). The van der Waals surface area contributed by atoms with Crippen molar-refractivity contribution in [3.8, 4) is 0 Å². The number of H-pyrrole nitrogens is 1. The van der Waals surface area contributed by atoms with Gasteiger partial charge in [-0.05, 0) is 18.1 Å². The number of benzene rings is 1. The third kappa shape index (κ3) is 5.69. The second-order valence-electron chi connectivity index (χ2n) is 6.96. The largest absolute Gasteiger partial charge is 0.419 e. The van der Waals surface area contributed by atoms with E-state index in [1.54, 1.807) is 0 Å². The highest BCUT2D eigenvalue weighted by atomic mass is 19.4. The fourth-order valence-electron chi connectivity index (χ4n) is 3.31. The van der Waals surface area contributed by atoms with Crippen molar-refractivity contribution in [3.05, 3.63) is 59.8 Å². The molecule has 1 aliphatic rings. The maximum absolute atomic E-state index is 12.6. The summed E-state index contributed by atoms with van der Waals surface area (Å²) in [6.07, 6.45) is -2.54. The molecular formula is C20H25F3N4O+2. The van der Waals surface area contributed by atoms with Crippen molar-refractivity contribution in [1.82, 2.24) is 5.32 Å². The lowest BCUT2D eigenvalue weighted by Gasteiger charge is -2.28. The molecule has 0 spiro atoms. The van der Waals surface area contributed by atoms with Crippen LogP contribution in [0.1, 0.15) is 11.1 Å². The van der Waals surface area contributed by atoms with Gasteiger partial charge in [0.05, 0.1) is 5.56 Å². The molecule has 1 aromatic heterocycles. The molecule has 0 saturated carbocycles. The molecule has 1 amide bonds. The Morgan fingerprint density at radius 3 is 2.43 bits per heavy atom. The van der Waals surface area contributed by atoms with Crippen LogP contribution in [0.2, 0.25) is 0 Å². The monoisotopic (exact) mass is 394 g/mol. The van der Waals surface area contributed by atoms with Crippen LogP contribution in [0.5, 0.6) is 0 Å². The van der Waals surface area contributed by atoms with Gasteiger partial charge in [-0.25, -0.2) is 4.98 Å². The van der Waals surface area contributed by atoms with E-state index in [1.165, 1.54) is 16.5 Å². The molecule has 28 heavy (non-hydrogen) atoms. The van der Waals surface area contributed by atoms with Crippen LogP contribution >= 0.6 is 0 Å². The molecule has 1 aliphatic heterocycles. The standard InChI is InChI=1S/C20H23F3N4O/c21-20(22,23)17-6-7-18(25-14-17)27-12-10-26(11-13-27)15-19(28)24-9-8-16-4-2-1-3-5-16/h1-7,14H,8-13,15H2,(H,24,28)/p+2. The van der Waals surface area contributed by atoms with E-state index in [0.717, 1.165) is 31.8 Å². The SMILES string of the molecule is O=C(C[NH+]1CCN(c2ccc(C(F)(F)F)c[nH+]2)CC1)NCCc1ccccc1. The summed E-state index contributed by atoms with van der Waals surface area (Å²) in [7, 11) is 0. The van der Waals surface area contributed by atoms with Crippen molar-refractivity contribution in [1.29, 1.82) is 0 Å². The van der Waals surface area contributed by atoms with Gasteiger partial charge < -0.3 is 10.2 Å². The van der Waals surface area contributed by atoms with Gasteiger partial charge in [0.2, 0.25) is 0 Å². The van der Waals surface area contributed by atoms with E-state index in [1.807, 2.05) is 35.2 Å². The maximum atomic E-state index is 12.6. The first-order chi connectivity index (χ1) is 13.4. The number of pyridine rings is 1. The van der Waals surface area contributed by atoms with Crippen molar-refractivity contribution in [2.24, 2.45) is 0 Å². The highest BCUT2D eigenvalue weighted by Gasteiger charge is 2.33. The number of amides is 1. The van der Waals surface area contributed by atoms with Gasteiger partial charge in [0, 0.05) is 12.6 Å². The molecule has 0 bridgehead atoms. The fourth-order valence-corrected chi connectivity index (χ4v) is 3.31. The highest BCUT2D eigenvalue weighted by molar-refractivity contribution is 5.76. The van der Waals surface area contributed by atoms with E-state index >= 15 is 0 Å². The van der Waals surface area contributed by atoms with E-state index in [9.17, 15) is 18.0 Å². The Morgan fingerprint density at radius 2 is 1.82 bits per heavy atom. The zero-order valence-corrected chi connectivity index (χ0v) is 15.6. The number of halogens is 3. The number of nitrogens with zero attached hydrogens (tertiary/aromatic N) is 1. The number of rotatable bonds is 6. The van der Waals surface area contributed by atoms with Crippen molar-refractivity contribution in [3.63, 3.8) is 0 Å². The number of aromatic amines is 1. The van der Waals surface area contributed by atoms with Gasteiger partial charge in [-0.1, -0.05) is 30.3 Å². The van der Waals surface area contributed by atoms with Gasteiger partial charge in [-0.3, -0.25) is 9.69 Å². The highest BCUT2D eigenvalue weighted by Crippen LogP contribution is 2.28. The predicted octanol–water partition coefficient (Wildman–Crippen LogP) is 0.583. The summed E-state index contributed by atoms with van der Waals surface area (Å²) in [4.78, 5) is 18.0. The van der Waals surface area contributed by atoms with Gasteiger partial charge in [-0.15, -0.1) is 0 Å².